The summed E-state index contributed by atoms with van der Waals surface area (Å²) in [4.78, 5) is 23.7. The largest absolute Gasteiger partial charge is 0.336 e. The fourth-order valence-corrected chi connectivity index (χ4v) is 3.65. The van der Waals surface area contributed by atoms with Crippen LogP contribution in [0.3, 0.4) is 0 Å². The molecule has 1 unspecified atom stereocenters. The first kappa shape index (κ1) is 17.4. The third kappa shape index (κ3) is 4.05. The van der Waals surface area contributed by atoms with Gasteiger partial charge in [-0.15, -0.1) is 0 Å². The van der Waals surface area contributed by atoms with E-state index in [4.69, 9.17) is 0 Å². The summed E-state index contributed by atoms with van der Waals surface area (Å²) in [6.07, 6.45) is 13.2. The molecule has 0 saturated carbocycles. The number of aromatic nitrogens is 4. The molecule has 3 aromatic rings. The summed E-state index contributed by atoms with van der Waals surface area (Å²) in [6.45, 7) is 1.65. The summed E-state index contributed by atoms with van der Waals surface area (Å²) in [5.41, 5.74) is 2.42. The highest BCUT2D eigenvalue weighted by molar-refractivity contribution is 5.94. The van der Waals surface area contributed by atoms with E-state index in [9.17, 15) is 4.79 Å². The predicted molar refractivity (Wildman–Crippen MR) is 103 cm³/mol. The Kier molecular flexibility index (Phi) is 5.23. The van der Waals surface area contributed by atoms with E-state index in [1.165, 1.54) is 6.42 Å². The number of nitrogens with zero attached hydrogens (tertiary/aromatic N) is 5. The van der Waals surface area contributed by atoms with E-state index in [1.807, 2.05) is 46.1 Å². The van der Waals surface area contributed by atoms with Crippen LogP contribution in [0.25, 0.3) is 11.3 Å². The van der Waals surface area contributed by atoms with Crippen LogP contribution >= 0.6 is 0 Å². The summed E-state index contributed by atoms with van der Waals surface area (Å²) in [5.74, 6) is 0.0744. The van der Waals surface area contributed by atoms with Crippen molar-refractivity contribution in [1.82, 2.24) is 24.6 Å². The molecule has 4 rings (SSSR count). The van der Waals surface area contributed by atoms with Gasteiger partial charge in [0.15, 0.2) is 0 Å². The zero-order valence-electron chi connectivity index (χ0n) is 15.2. The number of hydrogen-bond acceptors (Lipinski definition) is 4. The zero-order valence-corrected chi connectivity index (χ0v) is 15.2. The monoisotopic (exact) mass is 361 g/mol. The molecule has 27 heavy (non-hydrogen) atoms. The standard InChI is InChI=1S/C21H23N5O/c27-21(18-7-8-20(23-16-18)17-5-3-10-22-15-17)26-13-2-1-6-19(26)9-14-25-12-4-11-24-25/h3-5,7-8,10-12,15-16,19H,1-2,6,9,13-14H2. The molecule has 1 atom stereocenters. The Hall–Kier alpha value is -3.02. The van der Waals surface area contributed by atoms with Crippen molar-refractivity contribution in [2.75, 3.05) is 6.54 Å². The van der Waals surface area contributed by atoms with Gasteiger partial charge >= 0.3 is 0 Å². The topological polar surface area (TPSA) is 63.9 Å². The number of rotatable bonds is 5. The second-order valence-corrected chi connectivity index (χ2v) is 6.88. The van der Waals surface area contributed by atoms with Gasteiger partial charge in [0.25, 0.3) is 5.91 Å². The number of amides is 1. The van der Waals surface area contributed by atoms with E-state index in [0.717, 1.165) is 43.6 Å². The number of carbonyl (C=O) groups excluding carboxylic acids is 1. The third-order valence-electron chi connectivity index (χ3n) is 5.11. The molecule has 4 heterocycles. The van der Waals surface area contributed by atoms with Gasteiger partial charge in [-0.2, -0.15) is 5.10 Å². The SMILES string of the molecule is O=C(c1ccc(-c2cccnc2)nc1)N1CCCCC1CCn1cccn1. The maximum Gasteiger partial charge on any atom is 0.255 e. The predicted octanol–water partition coefficient (Wildman–Crippen LogP) is 3.43. The third-order valence-corrected chi connectivity index (χ3v) is 5.11. The fraction of sp³-hybridized carbons (Fsp3) is 0.333. The van der Waals surface area contributed by atoms with Crippen LogP contribution in [-0.2, 0) is 6.54 Å². The van der Waals surface area contributed by atoms with Gasteiger partial charge < -0.3 is 4.90 Å². The second-order valence-electron chi connectivity index (χ2n) is 6.88. The molecule has 0 aromatic carbocycles. The molecular weight excluding hydrogens is 338 g/mol. The normalized spacial score (nSPS) is 17.0. The van der Waals surface area contributed by atoms with Crippen molar-refractivity contribution < 1.29 is 4.79 Å². The van der Waals surface area contributed by atoms with Gasteiger partial charge in [0.1, 0.15) is 0 Å². The molecule has 0 radical (unpaired) electrons. The summed E-state index contributed by atoms with van der Waals surface area (Å²) in [6, 6.07) is 9.80. The first-order valence-corrected chi connectivity index (χ1v) is 9.46. The van der Waals surface area contributed by atoms with Gasteiger partial charge in [-0.05, 0) is 56.0 Å². The van der Waals surface area contributed by atoms with Crippen molar-refractivity contribution in [1.29, 1.82) is 0 Å². The van der Waals surface area contributed by atoms with E-state index < -0.39 is 0 Å². The van der Waals surface area contributed by atoms with Crippen molar-refractivity contribution >= 4 is 5.91 Å². The second kappa shape index (κ2) is 8.12. The average Bonchev–Trinajstić information content (AvgIpc) is 3.26. The maximum absolute atomic E-state index is 13.1. The van der Waals surface area contributed by atoms with Crippen molar-refractivity contribution in [2.24, 2.45) is 0 Å². The molecule has 6 nitrogen and oxygen atoms in total. The summed E-state index contributed by atoms with van der Waals surface area (Å²) >= 11 is 0. The van der Waals surface area contributed by atoms with Crippen LogP contribution < -0.4 is 0 Å². The number of hydrogen-bond donors (Lipinski definition) is 0. The Bertz CT molecular complexity index is 861. The smallest absolute Gasteiger partial charge is 0.255 e. The molecular formula is C21H23N5O. The van der Waals surface area contributed by atoms with Crippen LogP contribution in [0, 0.1) is 0 Å². The summed E-state index contributed by atoms with van der Waals surface area (Å²) in [7, 11) is 0. The molecule has 0 bridgehead atoms. The Morgan fingerprint density at radius 2 is 2.07 bits per heavy atom. The molecule has 6 heteroatoms. The van der Waals surface area contributed by atoms with Crippen LogP contribution in [0.1, 0.15) is 36.0 Å². The Morgan fingerprint density at radius 1 is 1.11 bits per heavy atom. The molecule has 138 valence electrons. The molecule has 0 N–H and O–H groups in total. The van der Waals surface area contributed by atoms with Crippen molar-refractivity contribution in [3.05, 3.63) is 66.9 Å². The molecule has 1 amide bonds. The number of aryl methyl sites for hydroxylation is 1. The van der Waals surface area contributed by atoms with E-state index >= 15 is 0 Å². The number of likely N-dealkylation sites (tertiary alicyclic amines) is 1. The van der Waals surface area contributed by atoms with Crippen LogP contribution in [-0.4, -0.2) is 43.1 Å². The highest BCUT2D eigenvalue weighted by atomic mass is 16.2. The highest BCUT2D eigenvalue weighted by Gasteiger charge is 2.27. The number of piperidine rings is 1. The molecule has 0 aliphatic carbocycles. The fourth-order valence-electron chi connectivity index (χ4n) is 3.65. The first-order valence-electron chi connectivity index (χ1n) is 9.46. The van der Waals surface area contributed by atoms with Gasteiger partial charge in [0.05, 0.1) is 11.3 Å². The minimum atomic E-state index is 0.0744. The van der Waals surface area contributed by atoms with E-state index in [0.29, 0.717) is 5.56 Å². The van der Waals surface area contributed by atoms with Gasteiger partial charge in [0, 0.05) is 55.7 Å². The number of carbonyl (C=O) groups is 1. The number of pyridine rings is 2. The molecule has 0 spiro atoms. The molecule has 1 saturated heterocycles. The van der Waals surface area contributed by atoms with Crippen LogP contribution in [0.4, 0.5) is 0 Å². The van der Waals surface area contributed by atoms with E-state index in [-0.39, 0.29) is 11.9 Å². The van der Waals surface area contributed by atoms with Gasteiger partial charge in [-0.1, -0.05) is 0 Å². The van der Waals surface area contributed by atoms with Crippen molar-refractivity contribution in [3.8, 4) is 11.3 Å². The van der Waals surface area contributed by atoms with Crippen LogP contribution in [0.5, 0.6) is 0 Å². The maximum atomic E-state index is 13.1. The summed E-state index contributed by atoms with van der Waals surface area (Å²) < 4.78 is 1.93. The zero-order chi connectivity index (χ0) is 18.5. The lowest BCUT2D eigenvalue weighted by Crippen LogP contribution is -2.44. The lowest BCUT2D eigenvalue weighted by molar-refractivity contribution is 0.0593. The van der Waals surface area contributed by atoms with Crippen LogP contribution in [0.2, 0.25) is 0 Å². The van der Waals surface area contributed by atoms with Gasteiger partial charge in [-0.25, -0.2) is 0 Å². The van der Waals surface area contributed by atoms with Crippen LogP contribution in [0.15, 0.2) is 61.3 Å². The molecule has 3 aromatic heterocycles. The minimum absolute atomic E-state index is 0.0744. The quantitative estimate of drug-likeness (QED) is 0.698. The minimum Gasteiger partial charge on any atom is -0.336 e. The Labute approximate surface area is 158 Å². The molecule has 1 aliphatic rings. The molecule has 1 fully saturated rings. The van der Waals surface area contributed by atoms with E-state index in [1.54, 1.807) is 24.8 Å². The van der Waals surface area contributed by atoms with Gasteiger partial charge in [-0.3, -0.25) is 19.4 Å². The Balaban J connectivity index is 1.46. The summed E-state index contributed by atoms with van der Waals surface area (Å²) in [5, 5.41) is 4.27. The molecule has 1 aliphatic heterocycles. The first-order chi connectivity index (χ1) is 13.3. The van der Waals surface area contributed by atoms with Gasteiger partial charge in [0.2, 0.25) is 0 Å². The van der Waals surface area contributed by atoms with Crippen molar-refractivity contribution in [2.45, 2.75) is 38.3 Å². The van der Waals surface area contributed by atoms with Crippen molar-refractivity contribution in [3.63, 3.8) is 0 Å². The lowest BCUT2D eigenvalue weighted by atomic mass is 9.98. The lowest BCUT2D eigenvalue weighted by Gasteiger charge is -2.36. The Morgan fingerprint density at radius 3 is 2.81 bits per heavy atom. The average molecular weight is 361 g/mol. The highest BCUT2D eigenvalue weighted by Crippen LogP contribution is 2.23. The van der Waals surface area contributed by atoms with E-state index in [2.05, 4.69) is 15.1 Å².